The summed E-state index contributed by atoms with van der Waals surface area (Å²) in [6, 6.07) is 13.8. The van der Waals surface area contributed by atoms with Crippen LogP contribution in [0.5, 0.6) is 0 Å². The molecule has 0 amide bonds. The van der Waals surface area contributed by atoms with Crippen molar-refractivity contribution >= 4 is 11.0 Å². The normalized spacial score (nSPS) is 13.4. The molecule has 18 heavy (non-hydrogen) atoms. The fourth-order valence-electron chi connectivity index (χ4n) is 2.02. The Morgan fingerprint density at radius 1 is 1.28 bits per heavy atom. The first-order valence-corrected chi connectivity index (χ1v) is 5.68. The maximum absolute atomic E-state index is 13.5. The highest BCUT2D eigenvalue weighted by Crippen LogP contribution is 2.17. The molecule has 90 valence electrons. The third kappa shape index (κ3) is 1.68. The second-order valence-electron chi connectivity index (χ2n) is 3.96. The Morgan fingerprint density at radius 2 is 2.06 bits per heavy atom. The van der Waals surface area contributed by atoms with Crippen molar-refractivity contribution in [2.75, 3.05) is 0 Å². The number of benzene rings is 2. The Hall–Kier alpha value is -2.16. The molecule has 0 saturated heterocycles. The number of nitrogens with zero attached hydrogens (tertiary/aromatic N) is 2. The highest BCUT2D eigenvalue weighted by atomic mass is 19.1. The van der Waals surface area contributed by atoms with Crippen LogP contribution >= 0.6 is 0 Å². The lowest BCUT2D eigenvalue weighted by atomic mass is 10.2. The Balaban J connectivity index is 2.35. The van der Waals surface area contributed by atoms with E-state index in [9.17, 15) is 4.39 Å². The minimum atomic E-state index is -1.66. The first kappa shape index (κ1) is 8.86. The van der Waals surface area contributed by atoms with Gasteiger partial charge in [0.15, 0.2) is 0 Å². The van der Waals surface area contributed by atoms with E-state index in [1.54, 1.807) is 10.6 Å². The number of aryl methyl sites for hydroxylation is 1. The van der Waals surface area contributed by atoms with Gasteiger partial charge in [0.05, 0.1) is 26.0 Å². The number of para-hydroxylation sites is 1. The molecule has 0 fully saturated rings. The minimum Gasteiger partial charge on any atom is -0.319 e. The van der Waals surface area contributed by atoms with Crippen molar-refractivity contribution in [1.29, 1.82) is 0 Å². The molecule has 0 aliphatic heterocycles. The van der Waals surface area contributed by atoms with Crippen molar-refractivity contribution in [2.24, 2.45) is 0 Å². The maximum atomic E-state index is 13.5. The van der Waals surface area contributed by atoms with Gasteiger partial charge >= 0.3 is 0 Å². The Morgan fingerprint density at radius 3 is 2.78 bits per heavy atom. The second-order valence-corrected chi connectivity index (χ2v) is 3.96. The molecular formula is C15H13FN2. The van der Waals surface area contributed by atoms with E-state index in [4.69, 9.17) is 2.74 Å². The van der Waals surface area contributed by atoms with Gasteiger partial charge in [-0.1, -0.05) is 36.4 Å². The molecule has 3 heteroatoms. The molecule has 0 atom stereocenters. The van der Waals surface area contributed by atoms with Gasteiger partial charge in [0.25, 0.3) is 0 Å². The van der Waals surface area contributed by atoms with Gasteiger partial charge in [0, 0.05) is 0 Å². The van der Waals surface area contributed by atoms with E-state index in [1.807, 2.05) is 30.3 Å². The second kappa shape index (κ2) is 4.26. The van der Waals surface area contributed by atoms with Crippen LogP contribution in [0, 0.1) is 12.1 Å². The van der Waals surface area contributed by atoms with Gasteiger partial charge in [-0.05, 0) is 19.1 Å². The van der Waals surface area contributed by atoms with Gasteiger partial charge in [0.2, 0.25) is 6.33 Å². The number of hydrogen-bond donors (Lipinski definition) is 0. The molecule has 2 nitrogen and oxygen atoms in total. The van der Waals surface area contributed by atoms with Crippen molar-refractivity contribution in [3.63, 3.8) is 0 Å². The zero-order valence-electron chi connectivity index (χ0n) is 11.9. The van der Waals surface area contributed by atoms with Crippen LogP contribution in [0.2, 0.25) is 0 Å². The van der Waals surface area contributed by atoms with Crippen molar-refractivity contribution < 1.29 is 11.7 Å². The zero-order valence-corrected chi connectivity index (χ0v) is 9.89. The number of aromatic nitrogens is 2. The Kier molecular flexibility index (Phi) is 2.10. The van der Waals surface area contributed by atoms with E-state index in [-0.39, 0.29) is 0 Å². The molecule has 1 aromatic heterocycles. The molecular weight excluding hydrogens is 227 g/mol. The number of fused-ring (bicyclic) bond motifs is 1. The van der Waals surface area contributed by atoms with Crippen LogP contribution in [0.3, 0.4) is 0 Å². The van der Waals surface area contributed by atoms with Gasteiger partial charge < -0.3 is 9.13 Å². The first-order chi connectivity index (χ1) is 9.47. The third-order valence-electron chi connectivity index (χ3n) is 2.86. The molecule has 1 heterocycles. The molecule has 0 radical (unpaired) electrons. The molecule has 0 unspecified atom stereocenters. The molecule has 0 bridgehead atoms. The summed E-state index contributed by atoms with van der Waals surface area (Å²) in [4.78, 5) is 0. The summed E-state index contributed by atoms with van der Waals surface area (Å²) in [5.41, 5.74) is 2.04. The summed E-state index contributed by atoms with van der Waals surface area (Å²) in [7, 11) is 0. The van der Waals surface area contributed by atoms with E-state index in [0.29, 0.717) is 11.0 Å². The van der Waals surface area contributed by atoms with E-state index in [0.717, 1.165) is 5.69 Å². The van der Waals surface area contributed by atoms with E-state index in [2.05, 4.69) is 6.33 Å². The van der Waals surface area contributed by atoms with Gasteiger partial charge in [-0.25, -0.2) is 4.39 Å². The lowest BCUT2D eigenvalue weighted by molar-refractivity contribution is -0.672. The summed E-state index contributed by atoms with van der Waals surface area (Å²) >= 11 is 0. The standard InChI is InChI=1S/C15H13FN2/c1-2-17-11-18(13-6-4-3-5-7-13)14-9-8-12(16)10-15(14)17/h3-10H,2H2,1H3/i2D2. The summed E-state index contributed by atoms with van der Waals surface area (Å²) in [6.45, 7) is -0.241. The van der Waals surface area contributed by atoms with Crippen molar-refractivity contribution in [1.82, 2.24) is 4.57 Å². The van der Waals surface area contributed by atoms with Crippen LogP contribution in [0.1, 0.15) is 9.67 Å². The van der Waals surface area contributed by atoms with Crippen molar-refractivity contribution in [3.8, 4) is 5.69 Å². The molecule has 0 N–H and O–H groups in total. The van der Waals surface area contributed by atoms with Gasteiger partial charge in [-0.3, -0.25) is 0 Å². The smallest absolute Gasteiger partial charge is 0.244 e. The summed E-state index contributed by atoms with van der Waals surface area (Å²) in [5, 5.41) is 0. The maximum Gasteiger partial charge on any atom is 0.244 e. The van der Waals surface area contributed by atoms with Gasteiger partial charge in [-0.2, -0.15) is 0 Å². The SMILES string of the molecule is [2H]C([2H])(C)[n+]1[c-]n(-c2ccccc2)c2ccc(F)cc21. The summed E-state index contributed by atoms with van der Waals surface area (Å²) < 4.78 is 32.2. The van der Waals surface area contributed by atoms with Crippen LogP contribution < -0.4 is 4.57 Å². The largest absolute Gasteiger partial charge is 0.319 e. The molecule has 0 spiro atoms. The number of imidazole rings is 1. The number of halogens is 1. The van der Waals surface area contributed by atoms with E-state index >= 15 is 0 Å². The van der Waals surface area contributed by atoms with Crippen LogP contribution in [0.4, 0.5) is 4.39 Å². The molecule has 3 rings (SSSR count). The fourth-order valence-corrected chi connectivity index (χ4v) is 2.02. The predicted molar refractivity (Wildman–Crippen MR) is 67.9 cm³/mol. The van der Waals surface area contributed by atoms with Gasteiger partial charge in [-0.15, -0.1) is 0 Å². The topological polar surface area (TPSA) is 8.81 Å². The fraction of sp³-hybridized carbons (Fsp3) is 0.133. The van der Waals surface area contributed by atoms with Crippen LogP contribution in [-0.2, 0) is 6.50 Å². The highest BCUT2D eigenvalue weighted by molar-refractivity contribution is 5.74. The van der Waals surface area contributed by atoms with Crippen molar-refractivity contribution in [2.45, 2.75) is 13.4 Å². The average Bonchev–Trinajstić information content (AvgIpc) is 2.78. The average molecular weight is 242 g/mol. The lowest BCUT2D eigenvalue weighted by Crippen LogP contribution is -2.31. The molecule has 0 aliphatic carbocycles. The first-order valence-electron chi connectivity index (χ1n) is 6.68. The molecule has 3 aromatic rings. The Bertz CT molecular complexity index is 761. The quantitative estimate of drug-likeness (QED) is 0.482. The van der Waals surface area contributed by atoms with Crippen LogP contribution in [-0.4, -0.2) is 4.57 Å². The highest BCUT2D eigenvalue weighted by Gasteiger charge is 2.08. The predicted octanol–water partition coefficient (Wildman–Crippen LogP) is 2.88. The number of rotatable bonds is 2. The van der Waals surface area contributed by atoms with Gasteiger partial charge in [0.1, 0.15) is 5.82 Å². The number of hydrogen-bond acceptors (Lipinski definition) is 0. The van der Waals surface area contributed by atoms with Crippen molar-refractivity contribution in [3.05, 3.63) is 60.7 Å². The minimum absolute atomic E-state index is 0.394. The van der Waals surface area contributed by atoms with E-state index < -0.39 is 12.3 Å². The Labute approximate surface area is 108 Å². The molecule has 0 aliphatic rings. The monoisotopic (exact) mass is 242 g/mol. The summed E-state index contributed by atoms with van der Waals surface area (Å²) in [5.74, 6) is -0.394. The van der Waals surface area contributed by atoms with Crippen LogP contribution in [0.25, 0.3) is 16.7 Å². The lowest BCUT2D eigenvalue weighted by Gasteiger charge is -2.03. The summed E-state index contributed by atoms with van der Waals surface area (Å²) in [6.07, 6.45) is 2.96. The van der Waals surface area contributed by atoms with E-state index in [1.165, 1.54) is 23.6 Å². The zero-order chi connectivity index (χ0) is 14.3. The van der Waals surface area contributed by atoms with Crippen LogP contribution in [0.15, 0.2) is 48.5 Å². The molecule has 2 aromatic carbocycles. The third-order valence-corrected chi connectivity index (χ3v) is 2.86. The molecule has 0 saturated carbocycles.